The molecule has 1 aromatic rings. The van der Waals surface area contributed by atoms with Gasteiger partial charge in [0.15, 0.2) is 0 Å². The highest BCUT2D eigenvalue weighted by Gasteiger charge is 2.15. The lowest BCUT2D eigenvalue weighted by Gasteiger charge is -2.11. The molecule has 0 fully saturated rings. The van der Waals surface area contributed by atoms with Gasteiger partial charge in [-0.3, -0.25) is 4.79 Å². The van der Waals surface area contributed by atoms with E-state index in [1.807, 2.05) is 30.3 Å². The quantitative estimate of drug-likeness (QED) is 0.418. The van der Waals surface area contributed by atoms with Gasteiger partial charge in [-0.1, -0.05) is 63.4 Å². The highest BCUT2D eigenvalue weighted by Crippen LogP contribution is 2.11. The Balaban J connectivity index is 2.13. The monoisotopic (exact) mass is 294 g/mol. The number of carbonyl (C=O) groups is 1. The summed E-state index contributed by atoms with van der Waals surface area (Å²) in [5.41, 5.74) is 1.11. The van der Waals surface area contributed by atoms with Crippen LogP contribution in [0.15, 0.2) is 30.3 Å². The van der Waals surface area contributed by atoms with Crippen LogP contribution in [-0.2, 0) is 16.0 Å². The summed E-state index contributed by atoms with van der Waals surface area (Å²) in [6.07, 6.45) is 5.16. The van der Waals surface area contributed by atoms with E-state index in [1.165, 1.54) is 12.8 Å². The molecule has 0 aromatic heterocycles. The van der Waals surface area contributed by atoms with Crippen molar-refractivity contribution < 1.29 is 9.53 Å². The lowest BCUT2D eigenvalue weighted by Crippen LogP contribution is -2.20. The average molecular weight is 294 g/mol. The zero-order valence-electron chi connectivity index (χ0n) is 12.5. The summed E-state index contributed by atoms with van der Waals surface area (Å²) in [5, 5.41) is -0.368. The molecule has 0 heterocycles. The SMILES string of the molecule is CC(C)CCCCCOC(=O)C(S)Cc1ccccc1. The summed E-state index contributed by atoms with van der Waals surface area (Å²) in [4.78, 5) is 11.8. The van der Waals surface area contributed by atoms with E-state index in [0.717, 1.165) is 24.3 Å². The van der Waals surface area contributed by atoms with Crippen molar-refractivity contribution in [3.63, 3.8) is 0 Å². The molecule has 1 aromatic carbocycles. The van der Waals surface area contributed by atoms with Crippen LogP contribution < -0.4 is 0 Å². The largest absolute Gasteiger partial charge is 0.465 e. The zero-order chi connectivity index (χ0) is 14.8. The Labute approximate surface area is 128 Å². The molecule has 1 rings (SSSR count). The summed E-state index contributed by atoms with van der Waals surface area (Å²) in [5.74, 6) is 0.547. The fourth-order valence-electron chi connectivity index (χ4n) is 2.02. The minimum absolute atomic E-state index is 0.207. The standard InChI is InChI=1S/C17H26O2S/c1-14(2)9-5-4-8-12-19-17(18)16(20)13-15-10-6-3-7-11-15/h3,6-7,10-11,14,16,20H,4-5,8-9,12-13H2,1-2H3. The van der Waals surface area contributed by atoms with Crippen molar-refractivity contribution in [2.24, 2.45) is 5.92 Å². The molecule has 1 unspecified atom stereocenters. The number of carbonyl (C=O) groups excluding carboxylic acids is 1. The molecule has 0 saturated carbocycles. The smallest absolute Gasteiger partial charge is 0.319 e. The second kappa shape index (κ2) is 9.87. The minimum Gasteiger partial charge on any atom is -0.465 e. The second-order valence-corrected chi connectivity index (χ2v) is 6.24. The molecule has 2 nitrogen and oxygen atoms in total. The fraction of sp³-hybridized carbons (Fsp3) is 0.588. The van der Waals surface area contributed by atoms with Crippen molar-refractivity contribution in [2.75, 3.05) is 6.61 Å². The van der Waals surface area contributed by atoms with Crippen molar-refractivity contribution in [3.8, 4) is 0 Å². The van der Waals surface area contributed by atoms with Crippen LogP contribution in [0.4, 0.5) is 0 Å². The summed E-state index contributed by atoms with van der Waals surface area (Å²) in [6.45, 7) is 4.98. The molecule has 0 aliphatic carbocycles. The average Bonchev–Trinajstić information content (AvgIpc) is 2.43. The number of unbranched alkanes of at least 4 members (excludes halogenated alkanes) is 2. The first-order valence-corrected chi connectivity index (χ1v) is 8.00. The van der Waals surface area contributed by atoms with Gasteiger partial charge in [-0.05, 0) is 24.3 Å². The number of benzene rings is 1. The third kappa shape index (κ3) is 7.59. The summed E-state index contributed by atoms with van der Waals surface area (Å²) >= 11 is 4.33. The van der Waals surface area contributed by atoms with Crippen LogP contribution >= 0.6 is 12.6 Å². The Morgan fingerprint density at radius 1 is 1.15 bits per heavy atom. The van der Waals surface area contributed by atoms with E-state index in [2.05, 4.69) is 26.5 Å². The van der Waals surface area contributed by atoms with Crippen molar-refractivity contribution in [3.05, 3.63) is 35.9 Å². The Morgan fingerprint density at radius 3 is 2.50 bits per heavy atom. The van der Waals surface area contributed by atoms with E-state index in [1.54, 1.807) is 0 Å². The van der Waals surface area contributed by atoms with Gasteiger partial charge < -0.3 is 4.74 Å². The van der Waals surface area contributed by atoms with E-state index < -0.39 is 0 Å². The van der Waals surface area contributed by atoms with Crippen molar-refractivity contribution in [2.45, 2.75) is 51.2 Å². The highest BCUT2D eigenvalue weighted by atomic mass is 32.1. The van der Waals surface area contributed by atoms with E-state index in [-0.39, 0.29) is 11.2 Å². The van der Waals surface area contributed by atoms with E-state index in [4.69, 9.17) is 4.74 Å². The maximum atomic E-state index is 11.8. The molecular weight excluding hydrogens is 268 g/mol. The molecule has 0 saturated heterocycles. The van der Waals surface area contributed by atoms with Crippen LogP contribution in [0, 0.1) is 5.92 Å². The predicted octanol–water partition coefficient (Wildman–Crippen LogP) is 4.29. The molecule has 112 valence electrons. The highest BCUT2D eigenvalue weighted by molar-refractivity contribution is 7.81. The lowest BCUT2D eigenvalue weighted by molar-refractivity contribution is -0.143. The molecule has 20 heavy (non-hydrogen) atoms. The van der Waals surface area contributed by atoms with Crippen molar-refractivity contribution in [1.29, 1.82) is 0 Å². The lowest BCUT2D eigenvalue weighted by atomic mass is 10.1. The number of ether oxygens (including phenoxy) is 1. The fourth-order valence-corrected chi connectivity index (χ4v) is 2.31. The molecule has 0 aliphatic heterocycles. The maximum absolute atomic E-state index is 11.8. The summed E-state index contributed by atoms with van der Waals surface area (Å²) in [7, 11) is 0. The van der Waals surface area contributed by atoms with Crippen molar-refractivity contribution in [1.82, 2.24) is 0 Å². The molecule has 0 aliphatic rings. The normalized spacial score (nSPS) is 12.4. The van der Waals surface area contributed by atoms with Crippen LogP contribution in [0.2, 0.25) is 0 Å². The Kier molecular flexibility index (Phi) is 8.43. The number of hydrogen-bond donors (Lipinski definition) is 1. The summed E-state index contributed by atoms with van der Waals surface area (Å²) < 4.78 is 5.27. The Hall–Kier alpha value is -0.960. The van der Waals surface area contributed by atoms with Gasteiger partial charge in [0.25, 0.3) is 0 Å². The molecule has 0 spiro atoms. The van der Waals surface area contributed by atoms with Gasteiger partial charge >= 0.3 is 5.97 Å². The maximum Gasteiger partial charge on any atom is 0.319 e. The second-order valence-electron chi connectivity index (χ2n) is 5.62. The zero-order valence-corrected chi connectivity index (χ0v) is 13.4. The molecule has 0 amide bonds. The predicted molar refractivity (Wildman–Crippen MR) is 87.2 cm³/mol. The number of esters is 1. The van der Waals surface area contributed by atoms with E-state index in [0.29, 0.717) is 13.0 Å². The summed E-state index contributed by atoms with van der Waals surface area (Å²) in [6, 6.07) is 9.91. The molecular formula is C17H26O2S. The van der Waals surface area contributed by atoms with Crippen LogP contribution in [0.3, 0.4) is 0 Å². The van der Waals surface area contributed by atoms with Crippen LogP contribution in [0.5, 0.6) is 0 Å². The van der Waals surface area contributed by atoms with Gasteiger partial charge in [0.2, 0.25) is 0 Å². The van der Waals surface area contributed by atoms with Gasteiger partial charge in [0, 0.05) is 0 Å². The third-order valence-electron chi connectivity index (χ3n) is 3.21. The Bertz CT molecular complexity index is 376. The number of thiol groups is 1. The third-order valence-corrected chi connectivity index (χ3v) is 3.61. The number of rotatable bonds is 9. The molecule has 0 radical (unpaired) electrons. The minimum atomic E-state index is -0.368. The van der Waals surface area contributed by atoms with Gasteiger partial charge in [0.05, 0.1) is 6.61 Å². The van der Waals surface area contributed by atoms with Gasteiger partial charge in [0.1, 0.15) is 5.25 Å². The van der Waals surface area contributed by atoms with Gasteiger partial charge in [-0.25, -0.2) is 0 Å². The van der Waals surface area contributed by atoms with E-state index >= 15 is 0 Å². The molecule has 0 N–H and O–H groups in total. The molecule has 3 heteroatoms. The van der Waals surface area contributed by atoms with Crippen LogP contribution in [0.25, 0.3) is 0 Å². The van der Waals surface area contributed by atoms with Gasteiger partial charge in [-0.15, -0.1) is 0 Å². The topological polar surface area (TPSA) is 26.3 Å². The first-order chi connectivity index (χ1) is 9.59. The first-order valence-electron chi connectivity index (χ1n) is 7.48. The van der Waals surface area contributed by atoms with Crippen LogP contribution in [0.1, 0.15) is 45.1 Å². The Morgan fingerprint density at radius 2 is 1.85 bits per heavy atom. The van der Waals surface area contributed by atoms with Crippen LogP contribution in [-0.4, -0.2) is 17.8 Å². The van der Waals surface area contributed by atoms with E-state index in [9.17, 15) is 4.79 Å². The molecule has 0 bridgehead atoms. The first kappa shape index (κ1) is 17.1. The molecule has 1 atom stereocenters. The van der Waals surface area contributed by atoms with Crippen molar-refractivity contribution >= 4 is 18.6 Å². The number of hydrogen-bond acceptors (Lipinski definition) is 3. The van der Waals surface area contributed by atoms with Gasteiger partial charge in [-0.2, -0.15) is 12.6 Å².